The molecule has 0 aliphatic carbocycles. The summed E-state index contributed by atoms with van der Waals surface area (Å²) in [6.45, 7) is 3.16. The SMILES string of the molecule is CCOc1ccc(CCNC(=O)c2cccc3c2SCCC3=O)cc1. The second kappa shape index (κ2) is 8.21. The molecule has 0 spiro atoms. The highest BCUT2D eigenvalue weighted by atomic mass is 32.2. The lowest BCUT2D eigenvalue weighted by atomic mass is 10.0. The Bertz CT molecular complexity index is 771. The van der Waals surface area contributed by atoms with Crippen molar-refractivity contribution in [2.45, 2.75) is 24.7 Å². The van der Waals surface area contributed by atoms with Gasteiger partial charge in [-0.1, -0.05) is 24.3 Å². The van der Waals surface area contributed by atoms with E-state index < -0.39 is 0 Å². The van der Waals surface area contributed by atoms with Crippen molar-refractivity contribution in [2.75, 3.05) is 18.9 Å². The summed E-state index contributed by atoms with van der Waals surface area (Å²) in [5, 5.41) is 2.96. The van der Waals surface area contributed by atoms with Gasteiger partial charge in [-0.3, -0.25) is 9.59 Å². The number of hydrogen-bond acceptors (Lipinski definition) is 4. The lowest BCUT2D eigenvalue weighted by molar-refractivity contribution is 0.0951. The van der Waals surface area contributed by atoms with Crippen molar-refractivity contribution in [2.24, 2.45) is 0 Å². The standard InChI is InChI=1S/C20H21NO3S/c1-2-24-15-8-6-14(7-9-15)10-12-21-20(23)17-5-3-4-16-18(22)11-13-25-19(16)17/h3-9H,2,10-13H2,1H3,(H,21,23). The fourth-order valence-electron chi connectivity index (χ4n) is 2.81. The summed E-state index contributed by atoms with van der Waals surface area (Å²) in [5.41, 5.74) is 2.42. The van der Waals surface area contributed by atoms with Crippen molar-refractivity contribution < 1.29 is 14.3 Å². The second-order valence-electron chi connectivity index (χ2n) is 5.79. The van der Waals surface area contributed by atoms with Gasteiger partial charge in [0.25, 0.3) is 5.91 Å². The lowest BCUT2D eigenvalue weighted by Gasteiger charge is -2.17. The third kappa shape index (κ3) is 4.23. The van der Waals surface area contributed by atoms with E-state index in [1.807, 2.05) is 31.2 Å². The minimum atomic E-state index is -0.120. The predicted octanol–water partition coefficient (Wildman–Crippen LogP) is 3.74. The molecule has 0 radical (unpaired) electrons. The van der Waals surface area contributed by atoms with E-state index in [4.69, 9.17) is 4.74 Å². The fraction of sp³-hybridized carbons (Fsp3) is 0.300. The molecular formula is C20H21NO3S. The molecule has 0 saturated heterocycles. The van der Waals surface area contributed by atoms with E-state index >= 15 is 0 Å². The number of rotatable bonds is 6. The van der Waals surface area contributed by atoms with Crippen LogP contribution >= 0.6 is 11.8 Å². The van der Waals surface area contributed by atoms with E-state index in [1.165, 1.54) is 0 Å². The van der Waals surface area contributed by atoms with E-state index in [-0.39, 0.29) is 11.7 Å². The Morgan fingerprint density at radius 2 is 2.00 bits per heavy atom. The van der Waals surface area contributed by atoms with Crippen LogP contribution in [0.25, 0.3) is 0 Å². The summed E-state index contributed by atoms with van der Waals surface area (Å²) in [4.78, 5) is 25.3. The van der Waals surface area contributed by atoms with Gasteiger partial charge < -0.3 is 10.1 Å². The number of ketones is 1. The van der Waals surface area contributed by atoms with Crippen molar-refractivity contribution in [3.8, 4) is 5.75 Å². The van der Waals surface area contributed by atoms with E-state index in [0.717, 1.165) is 28.4 Å². The Kier molecular flexibility index (Phi) is 5.76. The number of carbonyl (C=O) groups is 2. The Morgan fingerprint density at radius 1 is 1.20 bits per heavy atom. The summed E-state index contributed by atoms with van der Waals surface area (Å²) in [7, 11) is 0. The maximum atomic E-state index is 12.5. The van der Waals surface area contributed by atoms with Crippen LogP contribution in [0.3, 0.4) is 0 Å². The zero-order valence-electron chi connectivity index (χ0n) is 14.2. The van der Waals surface area contributed by atoms with Crippen molar-refractivity contribution in [3.05, 3.63) is 59.2 Å². The average molecular weight is 355 g/mol. The molecule has 1 aliphatic heterocycles. The van der Waals surface area contributed by atoms with E-state index in [1.54, 1.807) is 30.0 Å². The highest BCUT2D eigenvalue weighted by Gasteiger charge is 2.22. The zero-order valence-corrected chi connectivity index (χ0v) is 15.0. The van der Waals surface area contributed by atoms with Crippen LogP contribution < -0.4 is 10.1 Å². The van der Waals surface area contributed by atoms with Gasteiger partial charge >= 0.3 is 0 Å². The van der Waals surface area contributed by atoms with Gasteiger partial charge in [-0.15, -0.1) is 11.8 Å². The molecule has 2 aromatic rings. The van der Waals surface area contributed by atoms with Crippen LogP contribution in [0.4, 0.5) is 0 Å². The largest absolute Gasteiger partial charge is 0.494 e. The number of nitrogens with one attached hydrogen (secondary N) is 1. The predicted molar refractivity (Wildman–Crippen MR) is 99.8 cm³/mol. The molecule has 5 heteroatoms. The first-order valence-electron chi connectivity index (χ1n) is 8.48. The first-order chi connectivity index (χ1) is 12.2. The Labute approximate surface area is 152 Å². The molecule has 0 fully saturated rings. The Hall–Kier alpha value is -2.27. The van der Waals surface area contributed by atoms with Gasteiger partial charge in [-0.2, -0.15) is 0 Å². The number of amides is 1. The number of ether oxygens (including phenoxy) is 1. The minimum absolute atomic E-state index is 0.120. The number of benzene rings is 2. The number of thioether (sulfide) groups is 1. The number of fused-ring (bicyclic) bond motifs is 1. The summed E-state index contributed by atoms with van der Waals surface area (Å²) in [6.07, 6.45) is 1.29. The van der Waals surface area contributed by atoms with Gasteiger partial charge in [0, 0.05) is 29.2 Å². The van der Waals surface area contributed by atoms with Crippen LogP contribution in [0.15, 0.2) is 47.4 Å². The van der Waals surface area contributed by atoms with Crippen LogP contribution in [0.5, 0.6) is 5.75 Å². The van der Waals surface area contributed by atoms with Crippen molar-refractivity contribution in [1.82, 2.24) is 5.32 Å². The smallest absolute Gasteiger partial charge is 0.252 e. The molecule has 130 valence electrons. The molecule has 1 aliphatic rings. The normalized spacial score (nSPS) is 13.2. The van der Waals surface area contributed by atoms with Crippen LogP contribution in [0.2, 0.25) is 0 Å². The molecule has 3 rings (SSSR count). The van der Waals surface area contributed by atoms with Gasteiger partial charge in [0.05, 0.1) is 12.2 Å². The second-order valence-corrected chi connectivity index (χ2v) is 6.89. The Morgan fingerprint density at radius 3 is 2.76 bits per heavy atom. The highest BCUT2D eigenvalue weighted by Crippen LogP contribution is 2.32. The van der Waals surface area contributed by atoms with E-state index in [2.05, 4.69) is 5.32 Å². The number of hydrogen-bond donors (Lipinski definition) is 1. The van der Waals surface area contributed by atoms with Crippen LogP contribution in [0, 0.1) is 0 Å². The molecule has 1 N–H and O–H groups in total. The maximum Gasteiger partial charge on any atom is 0.252 e. The highest BCUT2D eigenvalue weighted by molar-refractivity contribution is 7.99. The molecule has 0 unspecified atom stereocenters. The molecule has 1 heterocycles. The van der Waals surface area contributed by atoms with Gasteiger partial charge in [0.15, 0.2) is 5.78 Å². The molecule has 0 saturated carbocycles. The van der Waals surface area contributed by atoms with Crippen LogP contribution in [0.1, 0.15) is 39.6 Å². The molecule has 4 nitrogen and oxygen atoms in total. The third-order valence-corrected chi connectivity index (χ3v) is 5.21. The molecular weight excluding hydrogens is 334 g/mol. The summed E-state index contributed by atoms with van der Waals surface area (Å²) >= 11 is 1.59. The average Bonchev–Trinajstić information content (AvgIpc) is 2.63. The topological polar surface area (TPSA) is 55.4 Å². The molecule has 0 bridgehead atoms. The van der Waals surface area contributed by atoms with Crippen molar-refractivity contribution in [1.29, 1.82) is 0 Å². The minimum Gasteiger partial charge on any atom is -0.494 e. The van der Waals surface area contributed by atoms with Gasteiger partial charge in [-0.25, -0.2) is 0 Å². The third-order valence-electron chi connectivity index (χ3n) is 4.07. The quantitative estimate of drug-likeness (QED) is 0.858. The number of Topliss-reactive ketones (excluding diaryl/α,β-unsaturated/α-hetero) is 1. The molecule has 0 atom stereocenters. The molecule has 2 aromatic carbocycles. The fourth-order valence-corrected chi connectivity index (χ4v) is 3.95. The lowest BCUT2D eigenvalue weighted by Crippen LogP contribution is -2.27. The molecule has 25 heavy (non-hydrogen) atoms. The first kappa shape index (κ1) is 17.5. The zero-order chi connectivity index (χ0) is 17.6. The van der Waals surface area contributed by atoms with Gasteiger partial charge in [0.2, 0.25) is 0 Å². The van der Waals surface area contributed by atoms with Crippen molar-refractivity contribution in [3.63, 3.8) is 0 Å². The van der Waals surface area contributed by atoms with Gasteiger partial charge in [-0.05, 0) is 37.1 Å². The maximum absolute atomic E-state index is 12.5. The summed E-state index contributed by atoms with van der Waals surface area (Å²) in [5.74, 6) is 1.60. The molecule has 1 amide bonds. The number of carbonyl (C=O) groups excluding carboxylic acids is 2. The van der Waals surface area contributed by atoms with Gasteiger partial charge in [0.1, 0.15) is 5.75 Å². The summed E-state index contributed by atoms with van der Waals surface area (Å²) in [6, 6.07) is 13.3. The van der Waals surface area contributed by atoms with E-state index in [0.29, 0.717) is 30.7 Å². The van der Waals surface area contributed by atoms with E-state index in [9.17, 15) is 9.59 Å². The van der Waals surface area contributed by atoms with Crippen LogP contribution in [-0.4, -0.2) is 30.6 Å². The Balaban J connectivity index is 1.60. The first-order valence-corrected chi connectivity index (χ1v) is 9.46. The van der Waals surface area contributed by atoms with Crippen LogP contribution in [-0.2, 0) is 6.42 Å². The summed E-state index contributed by atoms with van der Waals surface area (Å²) < 4.78 is 5.42. The van der Waals surface area contributed by atoms with Crippen molar-refractivity contribution >= 4 is 23.5 Å². The monoisotopic (exact) mass is 355 g/mol. The molecule has 0 aromatic heterocycles.